The summed E-state index contributed by atoms with van der Waals surface area (Å²) in [6.07, 6.45) is -14.1. The molecule has 22 nitrogen and oxygen atoms in total. The van der Waals surface area contributed by atoms with Crippen LogP contribution in [-0.2, 0) is 86.2 Å². The van der Waals surface area contributed by atoms with Gasteiger partial charge in [0.05, 0.1) is 58.1 Å². The van der Waals surface area contributed by atoms with Gasteiger partial charge in [-0.2, -0.15) is 73.1 Å². The molecule has 4 fully saturated rings. The maximum atomic E-state index is 14.0. The number of H-pyrrole nitrogens is 4. The molecule has 8 aromatic rings. The van der Waals surface area contributed by atoms with Crippen molar-refractivity contribution in [3.63, 3.8) is 0 Å². The number of carbonyl (C=O) groups excluding carboxylic acids is 6. The summed E-state index contributed by atoms with van der Waals surface area (Å²) < 4.78 is 270. The van der Waals surface area contributed by atoms with Gasteiger partial charge in [-0.05, 0) is 173 Å². The van der Waals surface area contributed by atoms with Gasteiger partial charge in [0.1, 0.15) is 0 Å². The van der Waals surface area contributed by atoms with Gasteiger partial charge in [0.15, 0.2) is 69.3 Å². The molecule has 6 amide bonds. The monoisotopic (exact) mass is 1870 g/mol. The molecule has 131 heavy (non-hydrogen) atoms. The van der Waals surface area contributed by atoms with E-state index in [0.717, 1.165) is 103 Å². The van der Waals surface area contributed by atoms with E-state index in [-0.39, 0.29) is 179 Å². The van der Waals surface area contributed by atoms with Crippen molar-refractivity contribution in [2.24, 2.45) is 5.92 Å². The number of likely N-dealkylation sites (N-methyl/N-ethyl adjacent to an activating group) is 1. The maximum absolute atomic E-state index is 14.0. The molecule has 0 saturated carbocycles. The van der Waals surface area contributed by atoms with Gasteiger partial charge in [-0.1, -0.05) is 58.9 Å². The average Bonchev–Trinajstić information content (AvgIpc) is 1.76. The summed E-state index contributed by atoms with van der Waals surface area (Å²) in [6, 6.07) is 6.87. The highest BCUT2D eigenvalue weighted by Gasteiger charge is 2.47. The lowest BCUT2D eigenvalue weighted by atomic mass is 9.85. The van der Waals surface area contributed by atoms with Crippen LogP contribution in [0.15, 0.2) is 48.5 Å². The molecule has 42 heteroatoms. The molecule has 4 aromatic carbocycles. The van der Waals surface area contributed by atoms with Crippen LogP contribution in [0.4, 0.5) is 87.8 Å². The number of benzene rings is 4. The molecule has 8 aliphatic rings. The molecule has 0 aliphatic carbocycles. The van der Waals surface area contributed by atoms with Gasteiger partial charge in [0, 0.05) is 127 Å². The fourth-order valence-electron chi connectivity index (χ4n) is 18.9. The van der Waals surface area contributed by atoms with Crippen LogP contribution in [0.5, 0.6) is 0 Å². The third-order valence-electron chi connectivity index (χ3n) is 25.8. The van der Waals surface area contributed by atoms with E-state index in [9.17, 15) is 117 Å². The number of alkyl halides is 12. The molecule has 0 spiro atoms. The van der Waals surface area contributed by atoms with E-state index in [1.54, 1.807) is 26.5 Å². The highest BCUT2D eigenvalue weighted by Crippen LogP contribution is 2.47. The molecule has 4 N–H and O–H groups in total. The first-order valence-corrected chi connectivity index (χ1v) is 43.6. The fourth-order valence-corrected chi connectivity index (χ4v) is 18.9. The highest BCUT2D eigenvalue weighted by atomic mass is 19.4. The first-order chi connectivity index (χ1) is 62.0. The van der Waals surface area contributed by atoms with Crippen LogP contribution >= 0.6 is 0 Å². The van der Waals surface area contributed by atoms with Gasteiger partial charge in [0.2, 0.25) is 11.8 Å². The number of nitrogens with zero attached hydrogens (tertiary/aromatic N) is 12. The van der Waals surface area contributed by atoms with Gasteiger partial charge in [-0.25, -0.2) is 35.1 Å². The molecule has 710 valence electrons. The van der Waals surface area contributed by atoms with E-state index >= 15 is 0 Å². The summed E-state index contributed by atoms with van der Waals surface area (Å²) >= 11 is 0. The van der Waals surface area contributed by atoms with Crippen molar-refractivity contribution >= 4 is 35.4 Å². The number of carbonyl (C=O) groups is 6. The van der Waals surface area contributed by atoms with Crippen molar-refractivity contribution in [2.45, 2.75) is 205 Å². The Bertz CT molecular complexity index is 5490. The van der Waals surface area contributed by atoms with Gasteiger partial charge >= 0.3 is 24.7 Å². The number of piperidine rings is 4. The Morgan fingerprint density at radius 2 is 0.595 bits per heavy atom. The van der Waals surface area contributed by atoms with Crippen molar-refractivity contribution in [3.8, 4) is 0 Å². The normalized spacial score (nSPS) is 17.7. The number of nitrogens with one attached hydrogen (secondary N) is 4. The summed E-state index contributed by atoms with van der Waals surface area (Å²) in [5.74, 6) is -17.0. The predicted molar refractivity (Wildman–Crippen MR) is 433 cm³/mol. The first kappa shape index (κ1) is 97.6. The molecule has 4 saturated heterocycles. The molecule has 0 atom stereocenters. The Hall–Kier alpha value is -10.9. The maximum Gasteiger partial charge on any atom is 0.419 e. The minimum Gasteiger partial charge on any atom is -0.337 e. The number of aromatic nitrogens is 8. The van der Waals surface area contributed by atoms with Gasteiger partial charge < -0.3 is 29.4 Å². The first-order valence-electron chi connectivity index (χ1n) is 43.6. The van der Waals surface area contributed by atoms with Crippen LogP contribution in [0, 0.1) is 52.5 Å². The molecule has 4 aromatic heterocycles. The smallest absolute Gasteiger partial charge is 0.337 e. The second-order valence-electron chi connectivity index (χ2n) is 34.4. The predicted octanol–water partition coefficient (Wildman–Crippen LogP) is 17.3. The highest BCUT2D eigenvalue weighted by molar-refractivity contribution is 5.96. The van der Waals surface area contributed by atoms with Crippen molar-refractivity contribution in [1.29, 1.82) is 0 Å². The standard InChI is InChI=1S/C24H27F5N4O2.C22H23F5N4O2.C22H25F5N4O.C21H23F5N4O/c1-13(2)11-19(34)33-10-7-16-18(12-33)30-31-22(16)23(35)32-8-5-14(6-9-32)15-3-4-17(25)21(26)20(15)24(27,28)29;1-2-17(32)31-10-7-14-16(11-31)28-29-20(14)21(33)30-8-5-12(6-9-30)13-3-4-15(23)19(24)18(13)22(25,26)27;1-2-8-30-9-7-15-17(12-30)28-29-20(15)21(32)31-10-5-13(6-11-31)14-3-4-16(23)19(24)18(14)22(25,26)27;1-2-29-8-7-14-16(11-29)27-28-19(14)20(31)30-9-5-12(6-10-30)13-3-4-15(22)18(23)17(13)21(24,25)26/h3-4,13-14H,5-12H2,1-2H3,(H,30,31);3-4,12H,2,5-11H2,1H3,(H,28,29);3-4,13H,2,5-12H2,1H3,(H,28,29);3-4,12H,2,5-11H2,1H3,(H,27,28). The molecular formula is C89H98F20N16O6. The Morgan fingerprint density at radius 1 is 0.344 bits per heavy atom. The number of likely N-dealkylation sites (tertiary alicyclic amines) is 4. The number of hydrogen-bond donors (Lipinski definition) is 4. The summed E-state index contributed by atoms with van der Waals surface area (Å²) in [5.41, 5.74) is 0.544. The molecule has 16 rings (SSSR count). The number of halogens is 20. The van der Waals surface area contributed by atoms with Crippen LogP contribution in [0.1, 0.15) is 260 Å². The summed E-state index contributed by atoms with van der Waals surface area (Å²) in [5, 5.41) is 28.4. The van der Waals surface area contributed by atoms with Crippen LogP contribution in [-0.4, -0.2) is 207 Å². The minimum absolute atomic E-state index is 0.0145. The molecule has 0 unspecified atom stereocenters. The van der Waals surface area contributed by atoms with Crippen molar-refractivity contribution in [2.75, 3.05) is 91.6 Å². The number of fused-ring (bicyclic) bond motifs is 4. The topological polar surface area (TPSA) is 243 Å². The summed E-state index contributed by atoms with van der Waals surface area (Å²) in [6.45, 7) is 18.1. The molecule has 12 heterocycles. The zero-order chi connectivity index (χ0) is 94.8. The third-order valence-corrected chi connectivity index (χ3v) is 25.8. The van der Waals surface area contributed by atoms with Crippen LogP contribution < -0.4 is 0 Å². The second kappa shape index (κ2) is 40.2. The van der Waals surface area contributed by atoms with E-state index < -0.39 is 117 Å². The Balaban J connectivity index is 0.000000149. The largest absolute Gasteiger partial charge is 0.419 e. The van der Waals surface area contributed by atoms with E-state index in [1.807, 2.05) is 13.8 Å². The van der Waals surface area contributed by atoms with Crippen molar-refractivity contribution in [1.82, 2.24) is 80.0 Å². The molecular weight excluding hydrogens is 1770 g/mol. The second-order valence-corrected chi connectivity index (χ2v) is 34.4. The van der Waals surface area contributed by atoms with E-state index in [1.165, 1.54) is 9.80 Å². The SMILES string of the molecule is CC(C)CC(=O)N1CCc2c(C(=O)N3CCC(c4ccc(F)c(F)c4C(F)(F)F)CC3)n[nH]c2C1.CCC(=O)N1CCc2c(C(=O)N3CCC(c4ccc(F)c(F)c4C(F)(F)F)CC3)n[nH]c2C1.CCCN1CCc2c(C(=O)N3CCC(c4ccc(F)c(F)c4C(F)(F)F)CC3)n[nH]c2C1.CCN1CCc2c(C(=O)N3CCC(c4ccc(F)c(F)c4C(F)(F)F)CC3)n[nH]c2C1. The number of hydrogen-bond acceptors (Lipinski definition) is 12. The van der Waals surface area contributed by atoms with Gasteiger partial charge in [-0.15, -0.1) is 0 Å². The molecule has 0 radical (unpaired) electrons. The van der Waals surface area contributed by atoms with Crippen LogP contribution in [0.25, 0.3) is 0 Å². The Kier molecular flexibility index (Phi) is 30.0. The van der Waals surface area contributed by atoms with E-state index in [4.69, 9.17) is 0 Å². The lowest BCUT2D eigenvalue weighted by Crippen LogP contribution is -2.40. The zero-order valence-corrected chi connectivity index (χ0v) is 72.2. The summed E-state index contributed by atoms with van der Waals surface area (Å²) in [4.78, 5) is 90.7. The minimum atomic E-state index is -5.02. The van der Waals surface area contributed by atoms with Crippen molar-refractivity contribution in [3.05, 3.63) is 207 Å². The van der Waals surface area contributed by atoms with Gasteiger partial charge in [-0.3, -0.25) is 59.0 Å². The summed E-state index contributed by atoms with van der Waals surface area (Å²) in [7, 11) is 0. The fraction of sp³-hybridized carbons (Fsp3) is 0.528. The number of aromatic amines is 4. The van der Waals surface area contributed by atoms with Crippen molar-refractivity contribution < 1.29 is 117 Å². The lowest BCUT2D eigenvalue weighted by molar-refractivity contribution is -0.142. The zero-order valence-electron chi connectivity index (χ0n) is 72.2. The quantitative estimate of drug-likeness (QED) is 0.0743. The Morgan fingerprint density at radius 3 is 0.847 bits per heavy atom. The van der Waals surface area contributed by atoms with Crippen LogP contribution in [0.3, 0.4) is 0 Å². The van der Waals surface area contributed by atoms with E-state index in [2.05, 4.69) is 64.4 Å². The molecule has 0 bridgehead atoms. The van der Waals surface area contributed by atoms with Gasteiger partial charge in [0.25, 0.3) is 23.6 Å². The molecule has 8 aliphatic heterocycles. The number of amides is 6. The Labute approximate surface area is 739 Å². The number of rotatable bonds is 14. The van der Waals surface area contributed by atoms with Crippen LogP contribution in [0.2, 0.25) is 0 Å². The third kappa shape index (κ3) is 21.4. The lowest BCUT2D eigenvalue weighted by Gasteiger charge is -2.33. The van der Waals surface area contributed by atoms with E-state index in [0.29, 0.717) is 113 Å². The average molecular weight is 1870 g/mol.